The molecule has 2 aliphatic rings. The van der Waals surface area contributed by atoms with Crippen LogP contribution in [0.25, 0.3) is 0 Å². The Bertz CT molecular complexity index is 620. The third-order valence-electron chi connectivity index (χ3n) is 4.97. The molecule has 1 unspecified atom stereocenters. The van der Waals surface area contributed by atoms with Gasteiger partial charge in [0.2, 0.25) is 5.91 Å². The number of aliphatic imine (C=N–C) groups is 1. The summed E-state index contributed by atoms with van der Waals surface area (Å²) in [6, 6.07) is 8.23. The molecule has 144 valence electrons. The minimum absolute atomic E-state index is 0. The zero-order valence-electron chi connectivity index (χ0n) is 15.6. The van der Waals surface area contributed by atoms with Gasteiger partial charge in [-0.15, -0.1) is 24.0 Å². The Kier molecular flexibility index (Phi) is 8.15. The van der Waals surface area contributed by atoms with E-state index in [4.69, 9.17) is 4.74 Å². The van der Waals surface area contributed by atoms with E-state index in [2.05, 4.69) is 27.3 Å². The summed E-state index contributed by atoms with van der Waals surface area (Å²) in [7, 11) is 3.59. The summed E-state index contributed by atoms with van der Waals surface area (Å²) in [5.74, 6) is 1.75. The second kappa shape index (κ2) is 10.1. The maximum absolute atomic E-state index is 11.8. The number of hydrogen-bond donors (Lipinski definition) is 1. The smallest absolute Gasteiger partial charge is 0.227 e. The van der Waals surface area contributed by atoms with Gasteiger partial charge >= 0.3 is 0 Å². The van der Waals surface area contributed by atoms with E-state index in [0.717, 1.165) is 57.3 Å². The van der Waals surface area contributed by atoms with Crippen LogP contribution in [0, 0.1) is 5.92 Å². The van der Waals surface area contributed by atoms with Crippen LogP contribution in [-0.4, -0.2) is 57.2 Å². The fraction of sp³-hybridized carbons (Fsp3) is 0.579. The third-order valence-corrected chi connectivity index (χ3v) is 4.97. The van der Waals surface area contributed by atoms with Crippen molar-refractivity contribution in [1.29, 1.82) is 0 Å². The van der Waals surface area contributed by atoms with E-state index in [1.165, 1.54) is 5.56 Å². The number of amides is 1. The number of guanidine groups is 1. The topological polar surface area (TPSA) is 57.2 Å². The number of rotatable bonds is 5. The molecule has 1 aromatic rings. The molecule has 1 amide bonds. The van der Waals surface area contributed by atoms with Crippen molar-refractivity contribution in [3.8, 4) is 0 Å². The van der Waals surface area contributed by atoms with Crippen molar-refractivity contribution in [2.45, 2.75) is 25.8 Å². The molecule has 2 fully saturated rings. The Morgan fingerprint density at radius 3 is 2.69 bits per heavy atom. The zero-order chi connectivity index (χ0) is 17.6. The summed E-state index contributed by atoms with van der Waals surface area (Å²) >= 11 is 0. The van der Waals surface area contributed by atoms with Gasteiger partial charge in [0.15, 0.2) is 5.96 Å². The molecule has 1 atom stereocenters. The summed E-state index contributed by atoms with van der Waals surface area (Å²) in [5.41, 5.74) is 2.18. The van der Waals surface area contributed by atoms with E-state index < -0.39 is 0 Å². The summed E-state index contributed by atoms with van der Waals surface area (Å²) in [6.45, 7) is 4.38. The molecule has 2 saturated heterocycles. The number of likely N-dealkylation sites (tertiary alicyclic amines) is 1. The van der Waals surface area contributed by atoms with Gasteiger partial charge in [-0.3, -0.25) is 9.79 Å². The molecule has 2 aliphatic heterocycles. The van der Waals surface area contributed by atoms with Crippen LogP contribution < -0.4 is 10.2 Å². The lowest BCUT2D eigenvalue weighted by Gasteiger charge is -2.22. The molecule has 7 heteroatoms. The van der Waals surface area contributed by atoms with Gasteiger partial charge < -0.3 is 19.9 Å². The van der Waals surface area contributed by atoms with E-state index in [-0.39, 0.29) is 29.9 Å². The summed E-state index contributed by atoms with van der Waals surface area (Å²) in [5, 5.41) is 3.44. The molecule has 1 aromatic carbocycles. The van der Waals surface area contributed by atoms with Crippen LogP contribution in [-0.2, 0) is 16.1 Å². The van der Waals surface area contributed by atoms with Gasteiger partial charge in [-0.2, -0.15) is 0 Å². The van der Waals surface area contributed by atoms with Crippen LogP contribution in [0.4, 0.5) is 5.69 Å². The number of benzene rings is 1. The van der Waals surface area contributed by atoms with E-state index in [1.807, 2.05) is 24.1 Å². The molecule has 0 spiro atoms. The number of carbonyl (C=O) groups is 1. The Labute approximate surface area is 173 Å². The fourth-order valence-corrected chi connectivity index (χ4v) is 3.63. The molecule has 1 N–H and O–H groups in total. The van der Waals surface area contributed by atoms with Gasteiger partial charge in [-0.05, 0) is 30.5 Å². The van der Waals surface area contributed by atoms with Crippen LogP contribution in [0.15, 0.2) is 29.3 Å². The normalized spacial score (nSPS) is 20.5. The third kappa shape index (κ3) is 5.09. The molecule has 0 radical (unpaired) electrons. The lowest BCUT2D eigenvalue weighted by atomic mass is 10.1. The average Bonchev–Trinajstić information content (AvgIpc) is 3.26. The second-order valence-corrected chi connectivity index (χ2v) is 6.77. The first-order valence-electron chi connectivity index (χ1n) is 9.05. The van der Waals surface area contributed by atoms with Crippen LogP contribution in [0.2, 0.25) is 0 Å². The minimum Gasteiger partial charge on any atom is -0.384 e. The van der Waals surface area contributed by atoms with Crippen molar-refractivity contribution in [3.05, 3.63) is 29.8 Å². The summed E-state index contributed by atoms with van der Waals surface area (Å²) in [4.78, 5) is 20.4. The SMILES string of the molecule is CN=C(NCc1ccc(N2CCCC2=O)cc1)N1CCC(COC)C1.I. The fourth-order valence-electron chi connectivity index (χ4n) is 3.63. The van der Waals surface area contributed by atoms with E-state index >= 15 is 0 Å². The predicted octanol–water partition coefficient (Wildman–Crippen LogP) is 2.48. The van der Waals surface area contributed by atoms with Gasteiger partial charge in [-0.25, -0.2) is 0 Å². The van der Waals surface area contributed by atoms with Gasteiger partial charge in [0.05, 0.1) is 6.61 Å². The number of anilines is 1. The molecule has 26 heavy (non-hydrogen) atoms. The number of ether oxygens (including phenoxy) is 1. The Morgan fingerprint density at radius 2 is 2.08 bits per heavy atom. The standard InChI is InChI=1S/C19H28N4O2.HI/c1-20-19(22-11-9-16(13-22)14-25-2)21-12-15-5-7-17(8-6-15)23-10-3-4-18(23)24;/h5-8,16H,3-4,9-14H2,1-2H3,(H,20,21);1H. The maximum Gasteiger partial charge on any atom is 0.227 e. The molecule has 6 nitrogen and oxygen atoms in total. The van der Waals surface area contributed by atoms with Crippen LogP contribution >= 0.6 is 24.0 Å². The average molecular weight is 472 g/mol. The molecule has 0 aromatic heterocycles. The van der Waals surface area contributed by atoms with Gasteiger partial charge in [-0.1, -0.05) is 12.1 Å². The molecular weight excluding hydrogens is 443 g/mol. The van der Waals surface area contributed by atoms with Crippen molar-refractivity contribution < 1.29 is 9.53 Å². The van der Waals surface area contributed by atoms with Crippen molar-refractivity contribution in [2.75, 3.05) is 45.3 Å². The van der Waals surface area contributed by atoms with Crippen molar-refractivity contribution in [3.63, 3.8) is 0 Å². The van der Waals surface area contributed by atoms with Crippen LogP contribution in [0.1, 0.15) is 24.8 Å². The van der Waals surface area contributed by atoms with Crippen molar-refractivity contribution in [2.24, 2.45) is 10.9 Å². The highest BCUT2D eigenvalue weighted by Crippen LogP contribution is 2.21. The second-order valence-electron chi connectivity index (χ2n) is 6.77. The van der Waals surface area contributed by atoms with Crippen molar-refractivity contribution in [1.82, 2.24) is 10.2 Å². The first kappa shape index (κ1) is 21.0. The first-order chi connectivity index (χ1) is 12.2. The van der Waals surface area contributed by atoms with Crippen molar-refractivity contribution >= 4 is 41.5 Å². The number of hydrogen-bond acceptors (Lipinski definition) is 3. The minimum atomic E-state index is 0. The zero-order valence-corrected chi connectivity index (χ0v) is 17.9. The number of methoxy groups -OCH3 is 1. The highest BCUT2D eigenvalue weighted by molar-refractivity contribution is 14.0. The van der Waals surface area contributed by atoms with Gasteiger partial charge in [0, 0.05) is 58.4 Å². The first-order valence-corrected chi connectivity index (χ1v) is 9.05. The molecule has 0 aliphatic carbocycles. The monoisotopic (exact) mass is 472 g/mol. The summed E-state index contributed by atoms with van der Waals surface area (Å²) in [6.07, 6.45) is 2.77. The van der Waals surface area contributed by atoms with Crippen LogP contribution in [0.3, 0.4) is 0 Å². The maximum atomic E-state index is 11.8. The molecular formula is C19H29IN4O2. The van der Waals surface area contributed by atoms with E-state index in [0.29, 0.717) is 12.3 Å². The lowest BCUT2D eigenvalue weighted by molar-refractivity contribution is -0.117. The van der Waals surface area contributed by atoms with Gasteiger partial charge in [0.25, 0.3) is 0 Å². The van der Waals surface area contributed by atoms with E-state index in [9.17, 15) is 4.79 Å². The number of nitrogens with one attached hydrogen (secondary N) is 1. The van der Waals surface area contributed by atoms with Crippen LogP contribution in [0.5, 0.6) is 0 Å². The summed E-state index contributed by atoms with van der Waals surface area (Å²) < 4.78 is 5.26. The largest absolute Gasteiger partial charge is 0.384 e. The Balaban J connectivity index is 0.00000243. The highest BCUT2D eigenvalue weighted by atomic mass is 127. The molecule has 2 heterocycles. The number of nitrogens with zero attached hydrogens (tertiary/aromatic N) is 3. The molecule has 0 bridgehead atoms. The highest BCUT2D eigenvalue weighted by Gasteiger charge is 2.24. The quantitative estimate of drug-likeness (QED) is 0.407. The van der Waals surface area contributed by atoms with Gasteiger partial charge in [0.1, 0.15) is 0 Å². The molecule has 0 saturated carbocycles. The Hall–Kier alpha value is -1.35. The Morgan fingerprint density at radius 1 is 1.31 bits per heavy atom. The number of halogens is 1. The molecule has 3 rings (SSSR count). The predicted molar refractivity (Wildman–Crippen MR) is 115 cm³/mol. The lowest BCUT2D eigenvalue weighted by Crippen LogP contribution is -2.39. The van der Waals surface area contributed by atoms with E-state index in [1.54, 1.807) is 7.11 Å². The number of carbonyl (C=O) groups excluding carboxylic acids is 1.